The van der Waals surface area contributed by atoms with Crippen molar-refractivity contribution in [2.45, 2.75) is 0 Å². The quantitative estimate of drug-likeness (QED) is 0.178. The molecule has 0 aliphatic heterocycles. The SMILES string of the molecule is [2H]c1c([2H])c([2H])c2c(-c3ccccc3-n3c(-c4ccccc4)nc4ccccc43)c3c([2H])c([2H])c([2H])c([2H])c3c(-c3ccccc3-c3ccccc3)c2c1[2H]. The number of nitrogens with zero attached hydrogens (tertiary/aromatic N) is 2. The van der Waals surface area contributed by atoms with Crippen LogP contribution in [0.2, 0.25) is 0 Å². The van der Waals surface area contributed by atoms with Gasteiger partial charge in [-0.3, -0.25) is 4.57 Å². The maximum absolute atomic E-state index is 9.54. The van der Waals surface area contributed by atoms with E-state index in [2.05, 4.69) is 0 Å². The van der Waals surface area contributed by atoms with Crippen LogP contribution in [0.4, 0.5) is 0 Å². The lowest BCUT2D eigenvalue weighted by atomic mass is 9.83. The Labute approximate surface area is 285 Å². The summed E-state index contributed by atoms with van der Waals surface area (Å²) < 4.78 is 75.8. The van der Waals surface area contributed by atoms with E-state index in [0.717, 1.165) is 27.7 Å². The molecule has 2 nitrogen and oxygen atoms in total. The molecule has 8 aromatic carbocycles. The van der Waals surface area contributed by atoms with Crippen LogP contribution in [0.1, 0.15) is 11.0 Å². The molecule has 1 heterocycles. The minimum atomic E-state index is -0.447. The number of fused-ring (bicyclic) bond motifs is 3. The Kier molecular flexibility index (Phi) is 4.80. The molecule has 0 fully saturated rings. The topological polar surface area (TPSA) is 17.8 Å². The van der Waals surface area contributed by atoms with E-state index in [1.54, 1.807) is 0 Å². The van der Waals surface area contributed by atoms with Gasteiger partial charge in [-0.25, -0.2) is 4.98 Å². The largest absolute Gasteiger partial charge is 0.292 e. The van der Waals surface area contributed by atoms with Crippen LogP contribution in [0.3, 0.4) is 0 Å². The zero-order valence-corrected chi connectivity index (χ0v) is 25.1. The molecule has 0 atom stereocenters. The standard InChI is InChI=1S/C45H30N2/c1-3-17-31(18-4-1)33-21-7-8-22-34(33)43-35-23-9-11-25-37(35)44(38-26-12-10-24-36(38)43)39-27-13-15-29-41(39)47-42-30-16-14-28-40(42)46-45(47)32-19-5-2-6-20-32/h1-30H/i9D,10D,11D,12D,23D,24D,25D,26D. The van der Waals surface area contributed by atoms with Crippen LogP contribution in [0, 0.1) is 0 Å². The van der Waals surface area contributed by atoms with Gasteiger partial charge < -0.3 is 0 Å². The molecule has 47 heavy (non-hydrogen) atoms. The molecule has 0 bridgehead atoms. The Morgan fingerprint density at radius 2 is 0.894 bits per heavy atom. The third-order valence-electron chi connectivity index (χ3n) is 8.66. The van der Waals surface area contributed by atoms with Gasteiger partial charge >= 0.3 is 0 Å². The molecule has 9 aromatic rings. The second-order valence-electron chi connectivity index (χ2n) is 11.3. The van der Waals surface area contributed by atoms with Crippen molar-refractivity contribution in [1.82, 2.24) is 9.55 Å². The van der Waals surface area contributed by atoms with Crippen LogP contribution in [0.25, 0.3) is 83.0 Å². The predicted molar refractivity (Wildman–Crippen MR) is 198 cm³/mol. The molecule has 220 valence electrons. The lowest BCUT2D eigenvalue weighted by Crippen LogP contribution is -2.01. The first kappa shape index (κ1) is 20.0. The van der Waals surface area contributed by atoms with E-state index in [1.165, 1.54) is 0 Å². The minimum Gasteiger partial charge on any atom is -0.292 e. The molecule has 1 aromatic heterocycles. The van der Waals surface area contributed by atoms with Crippen molar-refractivity contribution in [1.29, 1.82) is 0 Å². The molecule has 0 spiro atoms. The molecular formula is C45H30N2. The number of aromatic nitrogens is 2. The van der Waals surface area contributed by atoms with Gasteiger partial charge in [0.25, 0.3) is 0 Å². The molecule has 0 unspecified atom stereocenters. The first-order chi connectivity index (χ1) is 26.7. The van der Waals surface area contributed by atoms with E-state index in [9.17, 15) is 5.48 Å². The summed E-state index contributed by atoms with van der Waals surface area (Å²) in [6, 6.07) is 39.0. The predicted octanol–water partition coefficient (Wildman–Crippen LogP) is 12.0. The Morgan fingerprint density at radius 1 is 0.426 bits per heavy atom. The van der Waals surface area contributed by atoms with Crippen molar-refractivity contribution in [2.75, 3.05) is 0 Å². The average molecular weight is 607 g/mol. The summed E-state index contributed by atoms with van der Waals surface area (Å²) in [7, 11) is 0. The van der Waals surface area contributed by atoms with Crippen molar-refractivity contribution >= 4 is 32.6 Å². The smallest absolute Gasteiger partial charge is 0.145 e. The van der Waals surface area contributed by atoms with Gasteiger partial charge in [-0.05, 0) is 67.6 Å². The number of hydrogen-bond donors (Lipinski definition) is 0. The van der Waals surface area contributed by atoms with Crippen molar-refractivity contribution in [2.24, 2.45) is 0 Å². The molecular weight excluding hydrogens is 569 g/mol. The molecule has 0 saturated carbocycles. The summed E-state index contributed by atoms with van der Waals surface area (Å²) in [5, 5.41) is 0.630. The highest BCUT2D eigenvalue weighted by Crippen LogP contribution is 2.47. The third kappa shape index (κ3) is 4.46. The Hall–Kier alpha value is -6.25. The Bertz CT molecular complexity index is 2930. The first-order valence-corrected chi connectivity index (χ1v) is 15.4. The van der Waals surface area contributed by atoms with Gasteiger partial charge in [0.2, 0.25) is 0 Å². The molecule has 9 rings (SSSR count). The lowest BCUT2D eigenvalue weighted by molar-refractivity contribution is 1.10. The maximum Gasteiger partial charge on any atom is 0.145 e. The highest BCUT2D eigenvalue weighted by molar-refractivity contribution is 6.23. The fourth-order valence-electron chi connectivity index (χ4n) is 6.66. The van der Waals surface area contributed by atoms with Crippen molar-refractivity contribution in [3.63, 3.8) is 0 Å². The van der Waals surface area contributed by atoms with Crippen LogP contribution in [-0.4, -0.2) is 9.55 Å². The first-order valence-electron chi connectivity index (χ1n) is 19.4. The molecule has 0 aliphatic carbocycles. The summed E-state index contributed by atoms with van der Waals surface area (Å²) in [4.78, 5) is 5.05. The molecule has 2 heteroatoms. The minimum absolute atomic E-state index is 0.152. The van der Waals surface area contributed by atoms with Gasteiger partial charge in [0.05, 0.1) is 27.7 Å². The molecule has 0 N–H and O–H groups in total. The summed E-state index contributed by atoms with van der Waals surface area (Å²) in [6.45, 7) is 0. The van der Waals surface area contributed by atoms with E-state index in [1.807, 2.05) is 138 Å². The number of rotatable bonds is 5. The molecule has 0 aliphatic rings. The Balaban J connectivity index is 1.54. The Morgan fingerprint density at radius 3 is 1.53 bits per heavy atom. The zero-order valence-electron chi connectivity index (χ0n) is 33.1. The molecule has 0 saturated heterocycles. The number of benzene rings is 8. The number of imidazole rings is 1. The van der Waals surface area contributed by atoms with Gasteiger partial charge in [-0.2, -0.15) is 0 Å². The summed E-state index contributed by atoms with van der Waals surface area (Å²) in [5.74, 6) is 0.639. The van der Waals surface area contributed by atoms with E-state index in [0.29, 0.717) is 28.2 Å². The summed E-state index contributed by atoms with van der Waals surface area (Å²) >= 11 is 0. The summed E-state index contributed by atoms with van der Waals surface area (Å²) in [5.41, 5.74) is 6.26. The highest BCUT2D eigenvalue weighted by atomic mass is 15.1. The number of para-hydroxylation sites is 3. The second-order valence-corrected chi connectivity index (χ2v) is 11.3. The third-order valence-corrected chi connectivity index (χ3v) is 8.66. The van der Waals surface area contributed by atoms with Crippen LogP contribution in [-0.2, 0) is 0 Å². The fourth-order valence-corrected chi connectivity index (χ4v) is 6.66. The van der Waals surface area contributed by atoms with Gasteiger partial charge in [0, 0.05) is 11.1 Å². The van der Waals surface area contributed by atoms with E-state index < -0.39 is 24.2 Å². The zero-order chi connectivity index (χ0) is 38.1. The molecule has 0 radical (unpaired) electrons. The van der Waals surface area contributed by atoms with Gasteiger partial charge in [0.1, 0.15) is 5.82 Å². The highest BCUT2D eigenvalue weighted by Gasteiger charge is 2.22. The molecule has 0 amide bonds. The van der Waals surface area contributed by atoms with Gasteiger partial charge in [0.15, 0.2) is 0 Å². The van der Waals surface area contributed by atoms with E-state index >= 15 is 0 Å². The van der Waals surface area contributed by atoms with Crippen molar-refractivity contribution in [3.8, 4) is 50.5 Å². The lowest BCUT2D eigenvalue weighted by Gasteiger charge is -2.21. The van der Waals surface area contributed by atoms with E-state index in [4.69, 9.17) is 10.5 Å². The average Bonchev–Trinajstić information content (AvgIpc) is 3.62. The second kappa shape index (κ2) is 11.3. The van der Waals surface area contributed by atoms with Crippen LogP contribution in [0.15, 0.2) is 182 Å². The fraction of sp³-hybridized carbons (Fsp3) is 0. The van der Waals surface area contributed by atoms with Crippen LogP contribution >= 0.6 is 0 Å². The van der Waals surface area contributed by atoms with Crippen LogP contribution in [0.5, 0.6) is 0 Å². The normalized spacial score (nSPS) is 13.8. The number of hydrogen-bond acceptors (Lipinski definition) is 1. The summed E-state index contributed by atoms with van der Waals surface area (Å²) in [6.07, 6.45) is 0. The monoisotopic (exact) mass is 606 g/mol. The van der Waals surface area contributed by atoms with E-state index in [-0.39, 0.29) is 51.3 Å². The van der Waals surface area contributed by atoms with Gasteiger partial charge in [-0.15, -0.1) is 0 Å². The van der Waals surface area contributed by atoms with Crippen molar-refractivity contribution < 1.29 is 11.0 Å². The maximum atomic E-state index is 9.54. The van der Waals surface area contributed by atoms with Crippen LogP contribution < -0.4 is 0 Å². The van der Waals surface area contributed by atoms with Gasteiger partial charge in [-0.1, -0.05) is 164 Å². The van der Waals surface area contributed by atoms with Crippen molar-refractivity contribution in [3.05, 3.63) is 182 Å².